The Labute approximate surface area is 236 Å². The van der Waals surface area contributed by atoms with Crippen molar-refractivity contribution in [2.24, 2.45) is 0 Å². The zero-order valence-electron chi connectivity index (χ0n) is 18.3. The first-order chi connectivity index (χ1) is 17.5. The van der Waals surface area contributed by atoms with Gasteiger partial charge in [0.15, 0.2) is 0 Å². The van der Waals surface area contributed by atoms with Gasteiger partial charge in [-0.25, -0.2) is 9.69 Å². The van der Waals surface area contributed by atoms with E-state index in [1.54, 1.807) is 30.3 Å². The lowest BCUT2D eigenvalue weighted by molar-refractivity contribution is -0.384. The number of urea groups is 1. The molecule has 0 radical (unpaired) electrons. The number of carbonyl (C=O) groups is 3. The Morgan fingerprint density at radius 3 is 2.51 bits per heavy atom. The van der Waals surface area contributed by atoms with E-state index in [4.69, 9.17) is 27.9 Å². The summed E-state index contributed by atoms with van der Waals surface area (Å²) in [5.41, 5.74) is 0.199. The SMILES string of the molecule is O=C1NC(=O)N(c2cccc([N+](=O)[O-])c2)C(=O)/C1=C/c1cc(Br)cc(Br)c1OCc1ccc(Cl)cc1Cl. The lowest BCUT2D eigenvalue weighted by Crippen LogP contribution is -2.54. The second-order valence-corrected chi connectivity index (χ2v) is 10.2. The molecule has 13 heteroatoms. The third kappa shape index (κ3) is 5.85. The summed E-state index contributed by atoms with van der Waals surface area (Å²) in [5.74, 6) is -1.60. The van der Waals surface area contributed by atoms with Crippen molar-refractivity contribution in [2.45, 2.75) is 6.61 Å². The van der Waals surface area contributed by atoms with E-state index in [-0.39, 0.29) is 23.6 Å². The Balaban J connectivity index is 1.73. The molecular weight excluding hydrogens is 657 g/mol. The number of carbonyl (C=O) groups excluding carboxylic acids is 3. The number of amides is 4. The van der Waals surface area contributed by atoms with Crippen LogP contribution in [0.5, 0.6) is 5.75 Å². The third-order valence-corrected chi connectivity index (χ3v) is 6.76. The first-order valence-electron chi connectivity index (χ1n) is 10.3. The maximum Gasteiger partial charge on any atom is 0.335 e. The molecule has 0 spiro atoms. The lowest BCUT2D eigenvalue weighted by Gasteiger charge is -2.26. The van der Waals surface area contributed by atoms with E-state index in [2.05, 4.69) is 37.2 Å². The highest BCUT2D eigenvalue weighted by Crippen LogP contribution is 2.36. The maximum absolute atomic E-state index is 13.3. The van der Waals surface area contributed by atoms with Crippen molar-refractivity contribution in [3.8, 4) is 5.75 Å². The minimum absolute atomic E-state index is 0.0465. The normalized spacial score (nSPS) is 14.6. The highest BCUT2D eigenvalue weighted by Gasteiger charge is 2.37. The zero-order chi connectivity index (χ0) is 26.9. The Hall–Kier alpha value is -3.25. The summed E-state index contributed by atoms with van der Waals surface area (Å²) in [6, 6.07) is 12.2. The smallest absolute Gasteiger partial charge is 0.335 e. The lowest BCUT2D eigenvalue weighted by atomic mass is 10.1. The summed E-state index contributed by atoms with van der Waals surface area (Å²) in [5, 5.41) is 14.1. The molecule has 0 aliphatic carbocycles. The van der Waals surface area contributed by atoms with Gasteiger partial charge in [-0.1, -0.05) is 51.3 Å². The number of imide groups is 2. The molecule has 188 valence electrons. The summed E-state index contributed by atoms with van der Waals surface area (Å²) in [6.45, 7) is 0.0465. The van der Waals surface area contributed by atoms with Gasteiger partial charge in [0, 0.05) is 37.8 Å². The summed E-state index contributed by atoms with van der Waals surface area (Å²) in [4.78, 5) is 49.6. The van der Waals surface area contributed by atoms with Crippen molar-refractivity contribution in [3.63, 3.8) is 0 Å². The van der Waals surface area contributed by atoms with Gasteiger partial charge in [-0.15, -0.1) is 0 Å². The molecule has 1 heterocycles. The molecule has 4 amide bonds. The molecule has 4 rings (SSSR count). The second kappa shape index (κ2) is 11.0. The van der Waals surface area contributed by atoms with Crippen molar-refractivity contribution >= 4 is 90.4 Å². The van der Waals surface area contributed by atoms with Crippen LogP contribution in [-0.4, -0.2) is 22.8 Å². The molecule has 1 aliphatic heterocycles. The largest absolute Gasteiger partial charge is 0.487 e. The summed E-state index contributed by atoms with van der Waals surface area (Å²) in [6.07, 6.45) is 1.27. The van der Waals surface area contributed by atoms with E-state index in [0.717, 1.165) is 6.07 Å². The topological polar surface area (TPSA) is 119 Å². The number of nitrogens with zero attached hydrogens (tertiary/aromatic N) is 2. The van der Waals surface area contributed by atoms with Gasteiger partial charge >= 0.3 is 6.03 Å². The number of ether oxygens (including phenoxy) is 1. The molecule has 0 atom stereocenters. The molecule has 0 bridgehead atoms. The Morgan fingerprint density at radius 2 is 1.81 bits per heavy atom. The van der Waals surface area contributed by atoms with Gasteiger partial charge in [0.25, 0.3) is 17.5 Å². The molecule has 9 nitrogen and oxygen atoms in total. The van der Waals surface area contributed by atoms with Gasteiger partial charge in [-0.2, -0.15) is 0 Å². The third-order valence-electron chi connectivity index (χ3n) is 5.12. The Bertz CT molecular complexity index is 1510. The quantitative estimate of drug-likeness (QED) is 0.136. The van der Waals surface area contributed by atoms with Crippen molar-refractivity contribution < 1.29 is 24.0 Å². The van der Waals surface area contributed by atoms with Crippen molar-refractivity contribution in [3.05, 3.63) is 100 Å². The van der Waals surface area contributed by atoms with E-state index < -0.39 is 22.8 Å². The fourth-order valence-electron chi connectivity index (χ4n) is 3.42. The van der Waals surface area contributed by atoms with Gasteiger partial charge in [-0.3, -0.25) is 25.0 Å². The van der Waals surface area contributed by atoms with E-state index in [9.17, 15) is 24.5 Å². The standard InChI is InChI=1S/C24H13Br2Cl2N3O6/c25-14-6-13(21(19(26)8-14)37-11-12-4-5-15(27)9-20(12)28)7-18-22(32)29-24(34)30(23(18)33)16-2-1-3-17(10-16)31(35)36/h1-10H,11H2,(H,29,32,34)/b18-7+. The van der Waals surface area contributed by atoms with Crippen molar-refractivity contribution in [2.75, 3.05) is 4.90 Å². The minimum Gasteiger partial charge on any atom is -0.487 e. The number of nitro groups is 1. The van der Waals surface area contributed by atoms with E-state index in [1.165, 1.54) is 24.3 Å². The molecule has 1 N–H and O–H groups in total. The number of barbiturate groups is 1. The molecule has 0 aromatic heterocycles. The first kappa shape index (κ1) is 26.8. The van der Waals surface area contributed by atoms with Crippen LogP contribution in [0.4, 0.5) is 16.2 Å². The predicted octanol–water partition coefficient (Wildman–Crippen LogP) is 6.67. The van der Waals surface area contributed by atoms with Crippen molar-refractivity contribution in [1.82, 2.24) is 5.32 Å². The van der Waals surface area contributed by atoms with Gasteiger partial charge < -0.3 is 4.74 Å². The van der Waals surface area contributed by atoms with Crippen LogP contribution in [0.25, 0.3) is 6.08 Å². The van der Waals surface area contributed by atoms with E-state index >= 15 is 0 Å². The monoisotopic (exact) mass is 667 g/mol. The fourth-order valence-corrected chi connectivity index (χ4v) is 5.26. The van der Waals surface area contributed by atoms with Gasteiger partial charge in [0.1, 0.15) is 17.9 Å². The number of anilines is 1. The number of nitrogens with one attached hydrogen (secondary N) is 1. The molecular formula is C24H13Br2Cl2N3O6. The average Bonchev–Trinajstić information content (AvgIpc) is 2.82. The molecule has 0 unspecified atom stereocenters. The number of benzene rings is 3. The summed E-state index contributed by atoms with van der Waals surface area (Å²) in [7, 11) is 0. The first-order valence-corrected chi connectivity index (χ1v) is 12.6. The van der Waals surface area contributed by atoms with Gasteiger partial charge in [0.05, 0.1) is 15.1 Å². The molecule has 1 aliphatic rings. The van der Waals surface area contributed by atoms with Crippen LogP contribution in [0.15, 0.2) is 69.1 Å². The van der Waals surface area contributed by atoms with Crippen LogP contribution in [-0.2, 0) is 16.2 Å². The zero-order valence-corrected chi connectivity index (χ0v) is 23.0. The maximum atomic E-state index is 13.3. The second-order valence-electron chi connectivity index (χ2n) is 7.57. The van der Waals surface area contributed by atoms with Crippen LogP contribution in [0.3, 0.4) is 0 Å². The molecule has 1 fully saturated rings. The Morgan fingerprint density at radius 1 is 1.05 bits per heavy atom. The van der Waals surface area contributed by atoms with Gasteiger partial charge in [-0.05, 0) is 52.3 Å². The predicted molar refractivity (Wildman–Crippen MR) is 145 cm³/mol. The fraction of sp³-hybridized carbons (Fsp3) is 0.0417. The van der Waals surface area contributed by atoms with E-state index in [0.29, 0.717) is 40.8 Å². The molecule has 1 saturated heterocycles. The summed E-state index contributed by atoms with van der Waals surface area (Å²) < 4.78 is 7.10. The number of rotatable bonds is 6. The van der Waals surface area contributed by atoms with Crippen molar-refractivity contribution in [1.29, 1.82) is 0 Å². The summed E-state index contributed by atoms with van der Waals surface area (Å²) >= 11 is 19.0. The van der Waals surface area contributed by atoms with Crippen LogP contribution in [0.1, 0.15) is 11.1 Å². The van der Waals surface area contributed by atoms with Crippen LogP contribution in [0, 0.1) is 10.1 Å². The number of halogens is 4. The number of nitro benzene ring substituents is 1. The molecule has 0 saturated carbocycles. The average molecular weight is 670 g/mol. The van der Waals surface area contributed by atoms with E-state index in [1.807, 2.05) is 0 Å². The Kier molecular flexibility index (Phi) is 7.98. The number of hydrogen-bond donors (Lipinski definition) is 1. The number of non-ortho nitro benzene ring substituents is 1. The highest BCUT2D eigenvalue weighted by molar-refractivity contribution is 9.11. The molecule has 3 aromatic carbocycles. The van der Waals surface area contributed by atoms with Crippen LogP contribution >= 0.6 is 55.1 Å². The van der Waals surface area contributed by atoms with Crippen LogP contribution in [0.2, 0.25) is 10.0 Å². The number of hydrogen-bond acceptors (Lipinski definition) is 6. The molecule has 37 heavy (non-hydrogen) atoms. The minimum atomic E-state index is -1.03. The van der Waals surface area contributed by atoms with Gasteiger partial charge in [0.2, 0.25) is 0 Å². The highest BCUT2D eigenvalue weighted by atomic mass is 79.9. The molecule has 3 aromatic rings. The van der Waals surface area contributed by atoms with Crippen LogP contribution < -0.4 is 15.0 Å².